The molecule has 0 unspecified atom stereocenters. The quantitative estimate of drug-likeness (QED) is 0.549. The normalized spacial score (nSPS) is 13.7. The average molecular weight is 489 g/mol. The monoisotopic (exact) mass is 488 g/mol. The lowest BCUT2D eigenvalue weighted by Gasteiger charge is -2.34. The summed E-state index contributed by atoms with van der Waals surface area (Å²) in [5.41, 5.74) is 0.789. The Morgan fingerprint density at radius 3 is 2.06 bits per heavy atom. The molecule has 3 amide bonds. The zero-order valence-electron chi connectivity index (χ0n) is 19.9. The molecule has 35 heavy (non-hydrogen) atoms. The van der Waals surface area contributed by atoms with Gasteiger partial charge in [-0.15, -0.1) is 0 Å². The molecule has 1 heterocycles. The SMILES string of the molecule is COc1cc(C(=O)NCC(=O)N2CCN(CC(=O)Nc3ccc(F)cc3)CC2)cc(OC)c1OC. The van der Waals surface area contributed by atoms with E-state index in [1.807, 2.05) is 4.90 Å². The fraction of sp³-hybridized carbons (Fsp3) is 0.375. The smallest absolute Gasteiger partial charge is 0.251 e. The van der Waals surface area contributed by atoms with Crippen LogP contribution >= 0.6 is 0 Å². The van der Waals surface area contributed by atoms with E-state index >= 15 is 0 Å². The first kappa shape index (κ1) is 25.8. The van der Waals surface area contributed by atoms with Crippen molar-refractivity contribution < 1.29 is 33.0 Å². The first-order valence-electron chi connectivity index (χ1n) is 11.0. The number of nitrogens with one attached hydrogen (secondary N) is 2. The molecule has 2 aromatic rings. The Morgan fingerprint density at radius 1 is 0.914 bits per heavy atom. The molecule has 1 aliphatic heterocycles. The van der Waals surface area contributed by atoms with Crippen LogP contribution in [0.2, 0.25) is 0 Å². The molecule has 0 radical (unpaired) electrons. The van der Waals surface area contributed by atoms with E-state index in [0.29, 0.717) is 49.1 Å². The van der Waals surface area contributed by atoms with Gasteiger partial charge in [0, 0.05) is 37.4 Å². The second-order valence-electron chi connectivity index (χ2n) is 7.81. The Morgan fingerprint density at radius 2 is 1.51 bits per heavy atom. The van der Waals surface area contributed by atoms with Crippen LogP contribution in [-0.2, 0) is 9.59 Å². The number of methoxy groups -OCH3 is 3. The third kappa shape index (κ3) is 6.82. The Hall–Kier alpha value is -3.86. The van der Waals surface area contributed by atoms with Crippen LogP contribution in [0.15, 0.2) is 36.4 Å². The Bertz CT molecular complexity index is 1030. The highest BCUT2D eigenvalue weighted by atomic mass is 19.1. The van der Waals surface area contributed by atoms with Gasteiger partial charge in [0.25, 0.3) is 5.91 Å². The standard InChI is InChI=1S/C24H29FN4O6/c1-33-19-12-16(13-20(34-2)23(19)35-3)24(32)26-14-22(31)29-10-8-28(9-11-29)15-21(30)27-18-6-4-17(25)5-7-18/h4-7,12-13H,8-11,14-15H2,1-3H3,(H,26,32)(H,27,30). The highest BCUT2D eigenvalue weighted by molar-refractivity contribution is 5.97. The maximum absolute atomic E-state index is 13.0. The number of carbonyl (C=O) groups is 3. The van der Waals surface area contributed by atoms with Gasteiger partial charge in [0.1, 0.15) is 5.82 Å². The third-order valence-corrected chi connectivity index (χ3v) is 5.55. The van der Waals surface area contributed by atoms with Crippen LogP contribution < -0.4 is 24.8 Å². The Balaban J connectivity index is 1.46. The van der Waals surface area contributed by atoms with Crippen LogP contribution in [0.25, 0.3) is 0 Å². The van der Waals surface area contributed by atoms with Crippen molar-refractivity contribution >= 4 is 23.4 Å². The summed E-state index contributed by atoms with van der Waals surface area (Å²) in [6.45, 7) is 1.90. The summed E-state index contributed by atoms with van der Waals surface area (Å²) in [6, 6.07) is 8.57. The largest absolute Gasteiger partial charge is 0.493 e. The van der Waals surface area contributed by atoms with Crippen molar-refractivity contribution in [2.24, 2.45) is 0 Å². The zero-order chi connectivity index (χ0) is 25.4. The van der Waals surface area contributed by atoms with E-state index in [2.05, 4.69) is 10.6 Å². The lowest BCUT2D eigenvalue weighted by Crippen LogP contribution is -2.52. The predicted octanol–water partition coefficient (Wildman–Crippen LogP) is 1.36. The predicted molar refractivity (Wildman–Crippen MR) is 126 cm³/mol. The second-order valence-corrected chi connectivity index (χ2v) is 7.81. The summed E-state index contributed by atoms with van der Waals surface area (Å²) >= 11 is 0. The molecule has 2 N–H and O–H groups in total. The molecule has 3 rings (SSSR count). The minimum Gasteiger partial charge on any atom is -0.493 e. The van der Waals surface area contributed by atoms with E-state index in [4.69, 9.17) is 14.2 Å². The van der Waals surface area contributed by atoms with E-state index in [1.165, 1.54) is 57.7 Å². The van der Waals surface area contributed by atoms with Gasteiger partial charge in [-0.25, -0.2) is 4.39 Å². The number of rotatable bonds is 9. The van der Waals surface area contributed by atoms with Gasteiger partial charge in [0.2, 0.25) is 17.6 Å². The van der Waals surface area contributed by atoms with Crippen LogP contribution in [0.1, 0.15) is 10.4 Å². The van der Waals surface area contributed by atoms with Crippen molar-refractivity contribution in [3.05, 3.63) is 47.8 Å². The molecule has 0 spiro atoms. The maximum atomic E-state index is 13.0. The van der Waals surface area contributed by atoms with E-state index in [9.17, 15) is 18.8 Å². The van der Waals surface area contributed by atoms with Crippen molar-refractivity contribution in [3.63, 3.8) is 0 Å². The summed E-state index contributed by atoms with van der Waals surface area (Å²) in [7, 11) is 4.37. The number of carbonyl (C=O) groups excluding carboxylic acids is 3. The number of piperazine rings is 1. The summed E-state index contributed by atoms with van der Waals surface area (Å²) in [5, 5.41) is 5.35. The van der Waals surface area contributed by atoms with Crippen LogP contribution in [0.5, 0.6) is 17.2 Å². The molecule has 0 atom stereocenters. The highest BCUT2D eigenvalue weighted by Gasteiger charge is 2.23. The number of ether oxygens (including phenoxy) is 3. The van der Waals surface area contributed by atoms with Crippen LogP contribution in [0.4, 0.5) is 10.1 Å². The Kier molecular flexibility index (Phi) is 8.85. The van der Waals surface area contributed by atoms with Crippen molar-refractivity contribution in [1.82, 2.24) is 15.1 Å². The molecular weight excluding hydrogens is 459 g/mol. The summed E-state index contributed by atoms with van der Waals surface area (Å²) < 4.78 is 28.7. The van der Waals surface area contributed by atoms with Gasteiger partial charge in [-0.2, -0.15) is 0 Å². The second kappa shape index (κ2) is 12.0. The average Bonchev–Trinajstić information content (AvgIpc) is 2.87. The lowest BCUT2D eigenvalue weighted by atomic mass is 10.1. The van der Waals surface area contributed by atoms with Gasteiger partial charge in [-0.1, -0.05) is 0 Å². The summed E-state index contributed by atoms with van der Waals surface area (Å²) in [5.74, 6) is -0.218. The van der Waals surface area contributed by atoms with Crippen molar-refractivity contribution in [2.75, 3.05) is 65.9 Å². The first-order chi connectivity index (χ1) is 16.8. The van der Waals surface area contributed by atoms with E-state index in [-0.39, 0.29) is 36.3 Å². The lowest BCUT2D eigenvalue weighted by molar-refractivity contribution is -0.132. The molecule has 188 valence electrons. The minimum atomic E-state index is -0.450. The highest BCUT2D eigenvalue weighted by Crippen LogP contribution is 2.38. The van der Waals surface area contributed by atoms with Gasteiger partial charge >= 0.3 is 0 Å². The summed E-state index contributed by atoms with van der Waals surface area (Å²) in [6.07, 6.45) is 0. The maximum Gasteiger partial charge on any atom is 0.251 e. The number of amides is 3. The third-order valence-electron chi connectivity index (χ3n) is 5.55. The van der Waals surface area contributed by atoms with Crippen molar-refractivity contribution in [1.29, 1.82) is 0 Å². The number of benzene rings is 2. The van der Waals surface area contributed by atoms with Gasteiger partial charge in [-0.3, -0.25) is 19.3 Å². The van der Waals surface area contributed by atoms with Crippen molar-refractivity contribution in [3.8, 4) is 17.2 Å². The Labute approximate surface area is 202 Å². The molecule has 1 saturated heterocycles. The van der Waals surface area contributed by atoms with E-state index < -0.39 is 5.91 Å². The topological polar surface area (TPSA) is 109 Å². The minimum absolute atomic E-state index is 0.164. The molecule has 1 fully saturated rings. The van der Waals surface area contributed by atoms with Crippen molar-refractivity contribution in [2.45, 2.75) is 0 Å². The summed E-state index contributed by atoms with van der Waals surface area (Å²) in [4.78, 5) is 41.0. The van der Waals surface area contributed by atoms with Crippen LogP contribution in [0.3, 0.4) is 0 Å². The molecule has 0 aliphatic carbocycles. The fourth-order valence-electron chi connectivity index (χ4n) is 3.67. The zero-order valence-corrected chi connectivity index (χ0v) is 19.9. The molecule has 1 aliphatic rings. The number of anilines is 1. The fourth-order valence-corrected chi connectivity index (χ4v) is 3.67. The van der Waals surface area contributed by atoms with Crippen LogP contribution in [-0.4, -0.2) is 88.1 Å². The number of hydrogen-bond donors (Lipinski definition) is 2. The first-order valence-corrected chi connectivity index (χ1v) is 11.0. The van der Waals surface area contributed by atoms with Gasteiger partial charge < -0.3 is 29.7 Å². The molecule has 0 saturated carbocycles. The number of hydrogen-bond acceptors (Lipinski definition) is 7. The van der Waals surface area contributed by atoms with Gasteiger partial charge in [0.05, 0.1) is 34.4 Å². The number of nitrogens with zero attached hydrogens (tertiary/aromatic N) is 2. The molecule has 0 aromatic heterocycles. The van der Waals surface area contributed by atoms with E-state index in [0.717, 1.165) is 0 Å². The van der Waals surface area contributed by atoms with E-state index in [1.54, 1.807) is 4.90 Å². The molecule has 2 aromatic carbocycles. The van der Waals surface area contributed by atoms with Gasteiger partial charge in [-0.05, 0) is 36.4 Å². The molecular formula is C24H29FN4O6. The molecule has 0 bridgehead atoms. The molecule has 10 nitrogen and oxygen atoms in total. The van der Waals surface area contributed by atoms with Gasteiger partial charge in [0.15, 0.2) is 11.5 Å². The number of halogens is 1. The van der Waals surface area contributed by atoms with Crippen LogP contribution in [0, 0.1) is 5.82 Å². The molecule has 11 heteroatoms.